The number of para-hydroxylation sites is 2. The molecule has 5 nitrogen and oxygen atoms in total. The minimum Gasteiger partial charge on any atom is -0.456 e. The van der Waals surface area contributed by atoms with Crippen LogP contribution in [0.2, 0.25) is 0 Å². The topological polar surface area (TPSA) is 65.0 Å². The average molecular weight is 616 g/mol. The Kier molecular flexibility index (Phi) is 5.81. The molecule has 48 heavy (non-hydrogen) atoms. The molecule has 0 spiro atoms. The molecular formula is C43H25N3O2. The summed E-state index contributed by atoms with van der Waals surface area (Å²) < 4.78 is 12.8. The van der Waals surface area contributed by atoms with Gasteiger partial charge in [-0.1, -0.05) is 121 Å². The number of furan rings is 2. The van der Waals surface area contributed by atoms with E-state index in [9.17, 15) is 0 Å². The molecule has 0 aliphatic carbocycles. The van der Waals surface area contributed by atoms with Crippen molar-refractivity contribution in [1.29, 1.82) is 0 Å². The van der Waals surface area contributed by atoms with Crippen LogP contribution >= 0.6 is 0 Å². The number of fused-ring (bicyclic) bond motifs is 8. The van der Waals surface area contributed by atoms with E-state index in [2.05, 4.69) is 72.8 Å². The first-order valence-corrected chi connectivity index (χ1v) is 15.9. The lowest BCUT2D eigenvalue weighted by molar-refractivity contribution is 0.669. The number of rotatable bonds is 4. The molecule has 3 heterocycles. The summed E-state index contributed by atoms with van der Waals surface area (Å²) >= 11 is 0. The zero-order chi connectivity index (χ0) is 31.6. The normalized spacial score (nSPS) is 11.8. The molecule has 0 atom stereocenters. The monoisotopic (exact) mass is 615 g/mol. The molecule has 0 amide bonds. The van der Waals surface area contributed by atoms with Crippen LogP contribution in [0.5, 0.6) is 0 Å². The molecule has 0 aliphatic heterocycles. The SMILES string of the molecule is c1ccc(-c2nc(-c3cccc(-c4cccc5oc6ccccc6c45)c3)nc(-c3cc4ccccc4c4c3oc3ccccc34)n2)cc1. The van der Waals surface area contributed by atoms with Gasteiger partial charge in [0.1, 0.15) is 22.3 Å². The summed E-state index contributed by atoms with van der Waals surface area (Å²) in [6.45, 7) is 0. The van der Waals surface area contributed by atoms with Gasteiger partial charge in [0, 0.05) is 32.7 Å². The van der Waals surface area contributed by atoms with Gasteiger partial charge in [0.2, 0.25) is 0 Å². The van der Waals surface area contributed by atoms with E-state index in [4.69, 9.17) is 23.8 Å². The summed E-state index contributed by atoms with van der Waals surface area (Å²) in [7, 11) is 0. The van der Waals surface area contributed by atoms with E-state index in [0.717, 1.165) is 82.5 Å². The van der Waals surface area contributed by atoms with Gasteiger partial charge >= 0.3 is 0 Å². The van der Waals surface area contributed by atoms with E-state index in [1.165, 1.54) is 0 Å². The zero-order valence-electron chi connectivity index (χ0n) is 25.6. The van der Waals surface area contributed by atoms with Crippen molar-refractivity contribution >= 4 is 54.6 Å². The van der Waals surface area contributed by atoms with E-state index >= 15 is 0 Å². The molecule has 10 rings (SSSR count). The first-order chi connectivity index (χ1) is 23.8. The van der Waals surface area contributed by atoms with Crippen molar-refractivity contribution in [3.8, 4) is 45.3 Å². The van der Waals surface area contributed by atoms with Crippen LogP contribution in [0.3, 0.4) is 0 Å². The summed E-state index contributed by atoms with van der Waals surface area (Å²) in [6, 6.07) is 51.6. The van der Waals surface area contributed by atoms with Gasteiger partial charge in [0.25, 0.3) is 0 Å². The Hall–Kier alpha value is -6.59. The minimum atomic E-state index is 0.557. The molecular weight excluding hydrogens is 590 g/mol. The lowest BCUT2D eigenvalue weighted by Gasteiger charge is -2.11. The van der Waals surface area contributed by atoms with Crippen molar-refractivity contribution in [3.63, 3.8) is 0 Å². The van der Waals surface area contributed by atoms with Crippen LogP contribution in [-0.4, -0.2) is 15.0 Å². The number of hydrogen-bond acceptors (Lipinski definition) is 5. The predicted molar refractivity (Wildman–Crippen MR) is 194 cm³/mol. The van der Waals surface area contributed by atoms with Crippen LogP contribution in [0.15, 0.2) is 160 Å². The molecule has 0 bridgehead atoms. The van der Waals surface area contributed by atoms with E-state index < -0.39 is 0 Å². The van der Waals surface area contributed by atoms with Gasteiger partial charge in [0.05, 0.1) is 5.56 Å². The molecule has 7 aromatic carbocycles. The Morgan fingerprint density at radius 2 is 0.938 bits per heavy atom. The first-order valence-electron chi connectivity index (χ1n) is 15.9. The fraction of sp³-hybridized carbons (Fsp3) is 0. The van der Waals surface area contributed by atoms with Crippen LogP contribution in [-0.2, 0) is 0 Å². The Morgan fingerprint density at radius 3 is 1.77 bits per heavy atom. The van der Waals surface area contributed by atoms with Gasteiger partial charge in [0.15, 0.2) is 17.5 Å². The predicted octanol–water partition coefficient (Wildman–Crippen LogP) is 11.5. The summed E-state index contributed by atoms with van der Waals surface area (Å²) in [5, 5.41) is 6.54. The van der Waals surface area contributed by atoms with E-state index in [1.54, 1.807) is 0 Å². The summed E-state index contributed by atoms with van der Waals surface area (Å²) in [6.07, 6.45) is 0. The first kappa shape index (κ1) is 26.6. The molecule has 0 fully saturated rings. The smallest absolute Gasteiger partial charge is 0.167 e. The van der Waals surface area contributed by atoms with Crippen molar-refractivity contribution < 1.29 is 8.83 Å². The van der Waals surface area contributed by atoms with Crippen LogP contribution in [0.1, 0.15) is 0 Å². The molecule has 3 aromatic heterocycles. The van der Waals surface area contributed by atoms with Gasteiger partial charge in [-0.15, -0.1) is 0 Å². The highest BCUT2D eigenvalue weighted by atomic mass is 16.3. The van der Waals surface area contributed by atoms with Gasteiger partial charge < -0.3 is 8.83 Å². The van der Waals surface area contributed by atoms with E-state index in [-0.39, 0.29) is 0 Å². The summed E-state index contributed by atoms with van der Waals surface area (Å²) in [5.41, 5.74) is 8.10. The average Bonchev–Trinajstić information content (AvgIpc) is 3.74. The Morgan fingerprint density at radius 1 is 0.354 bits per heavy atom. The van der Waals surface area contributed by atoms with Crippen LogP contribution in [0.25, 0.3) is 99.9 Å². The molecule has 0 N–H and O–H groups in total. The Bertz CT molecular complexity index is 2850. The van der Waals surface area contributed by atoms with Crippen molar-refractivity contribution in [1.82, 2.24) is 15.0 Å². The number of aromatic nitrogens is 3. The number of nitrogens with zero attached hydrogens (tertiary/aromatic N) is 3. The Balaban J connectivity index is 1.22. The number of hydrogen-bond donors (Lipinski definition) is 0. The maximum absolute atomic E-state index is 6.57. The van der Waals surface area contributed by atoms with Gasteiger partial charge in [-0.3, -0.25) is 0 Å². The van der Waals surface area contributed by atoms with E-state index in [1.807, 2.05) is 78.9 Å². The zero-order valence-corrected chi connectivity index (χ0v) is 25.6. The highest BCUT2D eigenvalue weighted by Crippen LogP contribution is 2.41. The van der Waals surface area contributed by atoms with Crippen molar-refractivity contribution in [2.75, 3.05) is 0 Å². The highest BCUT2D eigenvalue weighted by molar-refractivity contribution is 6.22. The molecule has 10 aromatic rings. The van der Waals surface area contributed by atoms with Crippen LogP contribution in [0.4, 0.5) is 0 Å². The number of benzene rings is 7. The van der Waals surface area contributed by atoms with E-state index in [0.29, 0.717) is 17.5 Å². The lowest BCUT2D eigenvalue weighted by Crippen LogP contribution is -2.00. The second-order valence-electron chi connectivity index (χ2n) is 12.0. The summed E-state index contributed by atoms with van der Waals surface area (Å²) in [4.78, 5) is 15.3. The third kappa shape index (κ3) is 4.15. The van der Waals surface area contributed by atoms with Crippen LogP contribution < -0.4 is 0 Å². The summed E-state index contributed by atoms with van der Waals surface area (Å²) in [5.74, 6) is 1.74. The minimum absolute atomic E-state index is 0.557. The molecule has 224 valence electrons. The standard InChI is InChI=1S/C43H25N3O2/c1-2-12-26(13-3-1)41-44-42(29-16-10-15-27(24-29)30-20-11-23-37-38(30)32-18-6-8-21-35(32)47-37)46-43(45-41)34-25-28-14-4-5-17-31(28)39-33-19-7-9-22-36(33)48-40(34)39/h1-25H. The molecule has 5 heteroatoms. The fourth-order valence-corrected chi connectivity index (χ4v) is 6.92. The second kappa shape index (κ2) is 10.5. The molecule has 0 saturated heterocycles. The second-order valence-corrected chi connectivity index (χ2v) is 12.0. The molecule has 0 aliphatic rings. The third-order valence-corrected chi connectivity index (χ3v) is 9.11. The Labute approximate surface area is 274 Å². The third-order valence-electron chi connectivity index (χ3n) is 9.11. The van der Waals surface area contributed by atoms with Crippen molar-refractivity contribution in [2.24, 2.45) is 0 Å². The van der Waals surface area contributed by atoms with Crippen molar-refractivity contribution in [3.05, 3.63) is 152 Å². The maximum atomic E-state index is 6.57. The lowest BCUT2D eigenvalue weighted by atomic mass is 9.97. The van der Waals surface area contributed by atoms with Gasteiger partial charge in [-0.2, -0.15) is 0 Å². The quantitative estimate of drug-likeness (QED) is 0.197. The van der Waals surface area contributed by atoms with Crippen molar-refractivity contribution in [2.45, 2.75) is 0 Å². The van der Waals surface area contributed by atoms with Crippen LogP contribution in [0, 0.1) is 0 Å². The highest BCUT2D eigenvalue weighted by Gasteiger charge is 2.20. The maximum Gasteiger partial charge on any atom is 0.167 e. The molecule has 0 unspecified atom stereocenters. The molecule has 0 saturated carbocycles. The van der Waals surface area contributed by atoms with Gasteiger partial charge in [-0.25, -0.2) is 15.0 Å². The molecule has 0 radical (unpaired) electrons. The van der Waals surface area contributed by atoms with Gasteiger partial charge in [-0.05, 0) is 52.2 Å². The fourth-order valence-electron chi connectivity index (χ4n) is 6.92. The largest absolute Gasteiger partial charge is 0.456 e.